The summed E-state index contributed by atoms with van der Waals surface area (Å²) in [5.74, 6) is 0. The molecular formula is C17H18IN. The summed E-state index contributed by atoms with van der Waals surface area (Å²) >= 11 is 2.37. The van der Waals surface area contributed by atoms with Crippen LogP contribution in [0.25, 0.3) is 21.8 Å². The lowest BCUT2D eigenvalue weighted by molar-refractivity contribution is 0.718. The number of aromatic amines is 1. The van der Waals surface area contributed by atoms with E-state index in [0.29, 0.717) is 0 Å². The van der Waals surface area contributed by atoms with Crippen molar-refractivity contribution in [2.24, 2.45) is 0 Å². The van der Waals surface area contributed by atoms with Gasteiger partial charge in [-0.15, -0.1) is 0 Å². The van der Waals surface area contributed by atoms with Crippen LogP contribution < -0.4 is 0 Å². The topological polar surface area (TPSA) is 15.8 Å². The highest BCUT2D eigenvalue weighted by Gasteiger charge is 2.05. The number of halogens is 1. The predicted octanol–water partition coefficient (Wildman–Crippen LogP) is 5.66. The molecule has 0 unspecified atom stereocenters. The monoisotopic (exact) mass is 363 g/mol. The summed E-state index contributed by atoms with van der Waals surface area (Å²) in [5.41, 5.74) is 3.95. The molecule has 0 amide bonds. The molecule has 3 aromatic rings. The Bertz CT molecular complexity index is 712. The Balaban J connectivity index is 2.01. The van der Waals surface area contributed by atoms with Crippen LogP contribution in [-0.4, -0.2) is 4.98 Å². The van der Waals surface area contributed by atoms with Crippen molar-refractivity contribution in [3.63, 3.8) is 0 Å². The van der Waals surface area contributed by atoms with Crippen LogP contribution in [-0.2, 0) is 6.42 Å². The zero-order valence-electron chi connectivity index (χ0n) is 11.2. The number of aryl methyl sites for hydroxylation is 1. The highest BCUT2D eigenvalue weighted by atomic mass is 127. The van der Waals surface area contributed by atoms with Crippen LogP contribution >= 0.6 is 22.6 Å². The van der Waals surface area contributed by atoms with E-state index in [2.05, 4.69) is 70.9 Å². The summed E-state index contributed by atoms with van der Waals surface area (Å²) in [6, 6.07) is 13.5. The first-order valence-electron chi connectivity index (χ1n) is 6.98. The molecule has 98 valence electrons. The molecular weight excluding hydrogens is 345 g/mol. The van der Waals surface area contributed by atoms with Crippen LogP contribution in [0.5, 0.6) is 0 Å². The lowest BCUT2D eigenvalue weighted by Gasteiger charge is -2.01. The maximum absolute atomic E-state index is 3.53. The van der Waals surface area contributed by atoms with E-state index in [0.717, 1.165) is 0 Å². The molecule has 3 rings (SSSR count). The second-order valence-corrected chi connectivity index (χ2v) is 6.40. The van der Waals surface area contributed by atoms with E-state index in [4.69, 9.17) is 0 Å². The minimum atomic E-state index is 1.19. The zero-order valence-corrected chi connectivity index (χ0v) is 13.3. The molecule has 0 atom stereocenters. The minimum absolute atomic E-state index is 1.19. The molecule has 0 bridgehead atoms. The van der Waals surface area contributed by atoms with Gasteiger partial charge < -0.3 is 4.98 Å². The normalized spacial score (nSPS) is 11.5. The molecule has 2 aromatic carbocycles. The number of rotatable bonds is 4. The molecule has 1 N–H and O–H groups in total. The van der Waals surface area contributed by atoms with Gasteiger partial charge in [0.1, 0.15) is 0 Å². The minimum Gasteiger partial charge on any atom is -0.355 e. The van der Waals surface area contributed by atoms with Crippen LogP contribution in [0.3, 0.4) is 0 Å². The van der Waals surface area contributed by atoms with Crippen LogP contribution in [0.4, 0.5) is 0 Å². The molecule has 0 aliphatic heterocycles. The molecule has 1 heterocycles. The highest BCUT2D eigenvalue weighted by Crippen LogP contribution is 2.27. The molecule has 2 heteroatoms. The first-order chi connectivity index (χ1) is 9.28. The van der Waals surface area contributed by atoms with Crippen molar-refractivity contribution in [3.05, 3.63) is 45.5 Å². The number of hydrogen-bond donors (Lipinski definition) is 1. The Morgan fingerprint density at radius 1 is 0.947 bits per heavy atom. The summed E-state index contributed by atoms with van der Waals surface area (Å²) in [6.07, 6.45) is 5.09. The van der Waals surface area contributed by atoms with Crippen molar-refractivity contribution in [1.29, 1.82) is 0 Å². The summed E-state index contributed by atoms with van der Waals surface area (Å²) < 4.78 is 1.29. The largest absolute Gasteiger partial charge is 0.355 e. The maximum atomic E-state index is 3.53. The summed E-state index contributed by atoms with van der Waals surface area (Å²) in [6.45, 7) is 2.25. The van der Waals surface area contributed by atoms with Gasteiger partial charge in [-0.3, -0.25) is 0 Å². The number of aromatic nitrogens is 1. The van der Waals surface area contributed by atoms with E-state index in [9.17, 15) is 0 Å². The van der Waals surface area contributed by atoms with E-state index < -0.39 is 0 Å². The van der Waals surface area contributed by atoms with Gasteiger partial charge in [0.2, 0.25) is 0 Å². The predicted molar refractivity (Wildman–Crippen MR) is 91.8 cm³/mol. The Morgan fingerprint density at radius 3 is 2.68 bits per heavy atom. The molecule has 0 saturated carbocycles. The lowest BCUT2D eigenvalue weighted by atomic mass is 10.0. The Hall–Kier alpha value is -1.03. The highest BCUT2D eigenvalue weighted by molar-refractivity contribution is 14.1. The standard InChI is InChI=1S/C17H18IN/c1-2-3-4-5-12-6-8-14-15-11-13(18)7-9-16(15)19-17(14)10-12/h6-11,19H,2-5H2,1H3. The van der Waals surface area contributed by atoms with Crippen molar-refractivity contribution < 1.29 is 0 Å². The summed E-state index contributed by atoms with van der Waals surface area (Å²) in [4.78, 5) is 3.53. The van der Waals surface area contributed by atoms with E-state index in [1.807, 2.05) is 0 Å². The molecule has 19 heavy (non-hydrogen) atoms. The third kappa shape index (κ3) is 2.64. The fourth-order valence-electron chi connectivity index (χ4n) is 2.66. The molecule has 1 aromatic heterocycles. The van der Waals surface area contributed by atoms with Crippen LogP contribution in [0.1, 0.15) is 31.7 Å². The number of H-pyrrole nitrogens is 1. The van der Waals surface area contributed by atoms with Gasteiger partial charge in [0.25, 0.3) is 0 Å². The first-order valence-corrected chi connectivity index (χ1v) is 8.05. The maximum Gasteiger partial charge on any atom is 0.0467 e. The average Bonchev–Trinajstić information content (AvgIpc) is 2.76. The Morgan fingerprint density at radius 2 is 1.84 bits per heavy atom. The van der Waals surface area contributed by atoms with Crippen molar-refractivity contribution in [2.75, 3.05) is 0 Å². The molecule has 0 aliphatic rings. The van der Waals surface area contributed by atoms with Crippen LogP contribution in [0.15, 0.2) is 36.4 Å². The van der Waals surface area contributed by atoms with E-state index >= 15 is 0 Å². The smallest absolute Gasteiger partial charge is 0.0467 e. The molecule has 1 nitrogen and oxygen atoms in total. The lowest BCUT2D eigenvalue weighted by Crippen LogP contribution is -1.85. The van der Waals surface area contributed by atoms with Gasteiger partial charge in [0, 0.05) is 25.4 Å². The zero-order chi connectivity index (χ0) is 13.2. The first kappa shape index (κ1) is 13.0. The van der Waals surface area contributed by atoms with Crippen molar-refractivity contribution in [1.82, 2.24) is 4.98 Å². The molecule has 0 spiro atoms. The van der Waals surface area contributed by atoms with Gasteiger partial charge in [-0.2, -0.15) is 0 Å². The molecule has 0 fully saturated rings. The van der Waals surface area contributed by atoms with E-state index in [1.165, 1.54) is 56.6 Å². The van der Waals surface area contributed by atoms with Crippen LogP contribution in [0, 0.1) is 3.57 Å². The SMILES string of the molecule is CCCCCc1ccc2c(c1)[nH]c1ccc(I)cc12. The number of unbranched alkanes of at least 4 members (excludes halogenated alkanes) is 2. The molecule has 0 aliphatic carbocycles. The van der Waals surface area contributed by atoms with Gasteiger partial charge in [0.15, 0.2) is 0 Å². The third-order valence-corrected chi connectivity index (χ3v) is 4.37. The van der Waals surface area contributed by atoms with Crippen molar-refractivity contribution >= 4 is 44.4 Å². The second-order valence-electron chi connectivity index (χ2n) is 5.15. The average molecular weight is 363 g/mol. The number of nitrogens with one attached hydrogen (secondary N) is 1. The van der Waals surface area contributed by atoms with Gasteiger partial charge in [-0.05, 0) is 65.3 Å². The molecule has 0 radical (unpaired) electrons. The quantitative estimate of drug-likeness (QED) is 0.455. The van der Waals surface area contributed by atoms with Gasteiger partial charge in [-0.25, -0.2) is 0 Å². The van der Waals surface area contributed by atoms with Crippen molar-refractivity contribution in [3.8, 4) is 0 Å². The summed E-state index contributed by atoms with van der Waals surface area (Å²) in [7, 11) is 0. The van der Waals surface area contributed by atoms with Gasteiger partial charge >= 0.3 is 0 Å². The van der Waals surface area contributed by atoms with Gasteiger partial charge in [-0.1, -0.05) is 31.9 Å². The number of hydrogen-bond acceptors (Lipinski definition) is 0. The van der Waals surface area contributed by atoms with E-state index in [1.54, 1.807) is 0 Å². The van der Waals surface area contributed by atoms with Crippen LogP contribution in [0.2, 0.25) is 0 Å². The summed E-state index contributed by atoms with van der Waals surface area (Å²) in [5, 5.41) is 2.68. The fraction of sp³-hybridized carbons (Fsp3) is 0.294. The third-order valence-electron chi connectivity index (χ3n) is 3.69. The van der Waals surface area contributed by atoms with Gasteiger partial charge in [0.05, 0.1) is 0 Å². The second kappa shape index (κ2) is 5.53. The fourth-order valence-corrected chi connectivity index (χ4v) is 3.15. The van der Waals surface area contributed by atoms with E-state index in [-0.39, 0.29) is 0 Å². The number of benzene rings is 2. The van der Waals surface area contributed by atoms with Crippen molar-refractivity contribution in [2.45, 2.75) is 32.6 Å². The molecule has 0 saturated heterocycles. The number of fused-ring (bicyclic) bond motifs is 3. The Labute approximate surface area is 127 Å². The Kier molecular flexibility index (Phi) is 3.78.